The van der Waals surface area contributed by atoms with Crippen LogP contribution in [0.4, 0.5) is 0 Å². The predicted octanol–water partition coefficient (Wildman–Crippen LogP) is 8.51. The summed E-state index contributed by atoms with van der Waals surface area (Å²) in [5.41, 5.74) is 1.39. The van der Waals surface area contributed by atoms with E-state index in [1.54, 1.807) is 25.2 Å². The van der Waals surface area contributed by atoms with E-state index in [1.807, 2.05) is 30.3 Å². The number of carbonyl (C=O) groups excluding carboxylic acids is 4. The molecule has 1 N–H and O–H groups in total. The minimum absolute atomic E-state index is 0. The molecule has 0 fully saturated rings. The Kier molecular flexibility index (Phi) is 21.2. The maximum Gasteiger partial charge on any atom is 0.325 e. The minimum atomic E-state index is -0.532. The second kappa shape index (κ2) is 21.7. The number of halogens is 7. The summed E-state index contributed by atoms with van der Waals surface area (Å²) in [5, 5.41) is 3.86. The molecule has 2 amide bonds. The smallest absolute Gasteiger partial charge is 0.325 e. The summed E-state index contributed by atoms with van der Waals surface area (Å²) >= 11 is 27.6. The van der Waals surface area contributed by atoms with Crippen LogP contribution in [-0.4, -0.2) is 48.6 Å². The molecule has 0 aliphatic heterocycles. The highest BCUT2D eigenvalue weighted by Crippen LogP contribution is 2.22. The molecule has 0 atom stereocenters. The molecule has 0 saturated carbocycles. The third-order valence-electron chi connectivity index (χ3n) is 4.77. The molecule has 0 spiro atoms. The van der Waals surface area contributed by atoms with E-state index in [0.29, 0.717) is 20.6 Å². The van der Waals surface area contributed by atoms with Gasteiger partial charge in [-0.05, 0) is 48.9 Å². The van der Waals surface area contributed by atoms with Crippen molar-refractivity contribution in [2.45, 2.75) is 13.5 Å². The largest absolute Gasteiger partial charge is 0.460 e. The van der Waals surface area contributed by atoms with Gasteiger partial charge in [0.25, 0.3) is 11.8 Å². The summed E-state index contributed by atoms with van der Waals surface area (Å²) in [4.78, 5) is 47.6. The van der Waals surface area contributed by atoms with Gasteiger partial charge in [-0.2, -0.15) is 0 Å². The Balaban J connectivity index is 0.000000750. The predicted molar refractivity (Wildman–Crippen MR) is 193 cm³/mol. The van der Waals surface area contributed by atoms with Crippen molar-refractivity contribution >= 4 is 131 Å². The topological polar surface area (TPSA) is 92.8 Å². The Labute approximate surface area is 299 Å². The van der Waals surface area contributed by atoms with Crippen LogP contribution in [0, 0.1) is 0 Å². The number of ketones is 1. The number of amides is 2. The number of benzene rings is 3. The van der Waals surface area contributed by atoms with Crippen LogP contribution in [0.1, 0.15) is 33.2 Å². The maximum absolute atomic E-state index is 11.9. The molecule has 0 bridgehead atoms. The Morgan fingerprint density at radius 1 is 0.829 bits per heavy atom. The molecule has 41 heavy (non-hydrogen) atoms. The first-order valence-electron chi connectivity index (χ1n) is 11.2. The van der Waals surface area contributed by atoms with Crippen molar-refractivity contribution in [3.63, 3.8) is 0 Å². The van der Waals surface area contributed by atoms with E-state index >= 15 is 0 Å². The number of carbonyl (C=O) groups is 4. The molecule has 7 nitrogen and oxygen atoms in total. The van der Waals surface area contributed by atoms with Gasteiger partial charge in [0.2, 0.25) is 0 Å². The van der Waals surface area contributed by atoms with Crippen LogP contribution in [0.25, 0.3) is 0 Å². The lowest BCUT2D eigenvalue weighted by molar-refractivity contribution is -0.143. The fourth-order valence-electron chi connectivity index (χ4n) is 2.98. The molecule has 0 saturated heterocycles. The van der Waals surface area contributed by atoms with E-state index < -0.39 is 11.9 Å². The third kappa shape index (κ3) is 15.4. The highest BCUT2D eigenvalue weighted by Gasteiger charge is 2.16. The van der Waals surface area contributed by atoms with E-state index in [-0.39, 0.29) is 65.9 Å². The molecule has 14 heteroatoms. The summed E-state index contributed by atoms with van der Waals surface area (Å²) in [5.74, 6) is -1.42. The van der Waals surface area contributed by atoms with Crippen molar-refractivity contribution in [2.75, 3.05) is 20.1 Å². The number of hydrogen-bond acceptors (Lipinski definition) is 5. The van der Waals surface area contributed by atoms with Crippen molar-refractivity contribution in [2.24, 2.45) is 0 Å². The number of nitrogens with zero attached hydrogens (tertiary/aromatic N) is 1. The van der Waals surface area contributed by atoms with Crippen LogP contribution >= 0.6 is 108 Å². The van der Waals surface area contributed by atoms with Gasteiger partial charge in [0.15, 0.2) is 0 Å². The molecule has 3 rings (SSSR count). The number of nitrogens with one attached hydrogen (secondary N) is 1. The Morgan fingerprint density at radius 3 is 1.88 bits per heavy atom. The summed E-state index contributed by atoms with van der Waals surface area (Å²) in [7, 11) is 1.54. The number of ether oxygens (including phenoxy) is 1. The first-order valence-corrected chi connectivity index (χ1v) is 19.0. The summed E-state index contributed by atoms with van der Waals surface area (Å²) in [6, 6.07) is 18.5. The van der Waals surface area contributed by atoms with Gasteiger partial charge in [0.05, 0.1) is 27.7 Å². The van der Waals surface area contributed by atoms with E-state index in [9.17, 15) is 19.2 Å². The molecule has 0 unspecified atom stereocenters. The normalized spacial score (nSPS) is 9.46. The zero-order valence-corrected chi connectivity index (χ0v) is 31.3. The third-order valence-corrected chi connectivity index (χ3v) is 5.90. The lowest BCUT2D eigenvalue weighted by Gasteiger charge is -2.16. The van der Waals surface area contributed by atoms with Crippen molar-refractivity contribution in [3.8, 4) is 0 Å². The van der Waals surface area contributed by atoms with E-state index in [1.165, 1.54) is 30.0 Å². The van der Waals surface area contributed by atoms with Crippen LogP contribution < -0.4 is 5.32 Å². The zero-order chi connectivity index (χ0) is 30.2. The molecule has 0 aliphatic rings. The molecule has 0 aromatic heterocycles. The standard InChI is InChI=1S/C16H13Cl2NO3.C11H11Cl2NO2.I2.HI/c17-12-6-7-14(18)13(8-12)16(21)19-9-15(20)22-10-11-4-2-1-3-5-11;1-7(15)6-14(2)11(16)9-5-8(12)3-4-10(9)13;1-2;/h1-8H,9-10H2,(H,19,21);3-5H,6H2,1-2H3;;1H. The summed E-state index contributed by atoms with van der Waals surface area (Å²) < 4.78 is 5.06. The quantitative estimate of drug-likeness (QED) is 0.181. The minimum Gasteiger partial charge on any atom is -0.460 e. The average Bonchev–Trinajstić information content (AvgIpc) is 2.94. The molecular weight excluding hydrogens is 955 g/mol. The monoisotopic (exact) mass is 978 g/mol. The van der Waals surface area contributed by atoms with Crippen LogP contribution in [0.5, 0.6) is 0 Å². The molecular formula is C27H25Cl4I3N2O5. The first kappa shape index (κ1) is 40.1. The van der Waals surface area contributed by atoms with Crippen molar-refractivity contribution in [1.82, 2.24) is 10.2 Å². The molecule has 0 aliphatic carbocycles. The SMILES string of the molecule is CC(=O)CN(C)C(=O)c1cc(Cl)ccc1Cl.I.II.O=C(CNC(=O)c1cc(Cl)ccc1Cl)OCc1ccccc1. The van der Waals surface area contributed by atoms with Gasteiger partial charge >= 0.3 is 5.97 Å². The van der Waals surface area contributed by atoms with Gasteiger partial charge < -0.3 is 15.0 Å². The second-order valence-corrected chi connectivity index (χ2v) is 9.63. The lowest BCUT2D eigenvalue weighted by Crippen LogP contribution is -2.31. The van der Waals surface area contributed by atoms with Crippen molar-refractivity contribution in [3.05, 3.63) is 104 Å². The second-order valence-electron chi connectivity index (χ2n) is 7.94. The van der Waals surface area contributed by atoms with E-state index in [0.717, 1.165) is 5.56 Å². The Hall–Kier alpha value is -0.910. The Bertz CT molecular complexity index is 1320. The van der Waals surface area contributed by atoms with E-state index in [4.69, 9.17) is 51.1 Å². The first-order chi connectivity index (χ1) is 19.0. The van der Waals surface area contributed by atoms with E-state index in [2.05, 4.69) is 42.5 Å². The average molecular weight is 980 g/mol. The molecule has 0 heterocycles. The maximum atomic E-state index is 11.9. The number of Topliss-reactive ketones (excluding diaryl/α,β-unsaturated/α-hetero) is 1. The van der Waals surface area contributed by atoms with Crippen LogP contribution in [-0.2, 0) is 20.9 Å². The molecule has 222 valence electrons. The Morgan fingerprint density at radius 2 is 1.34 bits per heavy atom. The zero-order valence-electron chi connectivity index (χ0n) is 21.6. The lowest BCUT2D eigenvalue weighted by atomic mass is 10.2. The molecule has 3 aromatic carbocycles. The van der Waals surface area contributed by atoms with Gasteiger partial charge in [-0.3, -0.25) is 19.2 Å². The van der Waals surface area contributed by atoms with Gasteiger partial charge in [0, 0.05) is 54.3 Å². The number of likely N-dealkylation sites (N-methyl/N-ethyl adjacent to an activating group) is 1. The summed E-state index contributed by atoms with van der Waals surface area (Å²) in [6.07, 6.45) is 0. The number of esters is 1. The number of hydrogen-bond donors (Lipinski definition) is 1. The number of rotatable bonds is 8. The molecule has 3 aromatic rings. The van der Waals surface area contributed by atoms with Crippen molar-refractivity contribution < 1.29 is 23.9 Å². The van der Waals surface area contributed by atoms with Crippen LogP contribution in [0.2, 0.25) is 20.1 Å². The van der Waals surface area contributed by atoms with Gasteiger partial charge in [-0.1, -0.05) is 76.7 Å². The summed E-state index contributed by atoms with van der Waals surface area (Å²) in [6.45, 7) is 1.40. The fourth-order valence-corrected chi connectivity index (χ4v) is 3.73. The highest BCUT2D eigenvalue weighted by molar-refractivity contribution is 15.0. The van der Waals surface area contributed by atoms with Gasteiger partial charge in [-0.25, -0.2) is 0 Å². The van der Waals surface area contributed by atoms with Crippen LogP contribution in [0.3, 0.4) is 0 Å². The fraction of sp³-hybridized carbons (Fsp3) is 0.185. The van der Waals surface area contributed by atoms with Crippen LogP contribution in [0.15, 0.2) is 66.7 Å². The van der Waals surface area contributed by atoms with Gasteiger partial charge in [-0.15, -0.1) is 24.0 Å². The highest BCUT2D eigenvalue weighted by atomic mass is 128. The van der Waals surface area contributed by atoms with Gasteiger partial charge in [0.1, 0.15) is 18.9 Å². The molecule has 0 radical (unpaired) electrons. The van der Waals surface area contributed by atoms with Crippen molar-refractivity contribution in [1.29, 1.82) is 0 Å².